The molecule has 0 aliphatic carbocycles. The van der Waals surface area contributed by atoms with Gasteiger partial charge in [0.25, 0.3) is 0 Å². The number of hydrogen-bond donors (Lipinski definition) is 3. The molecule has 2 unspecified atom stereocenters. The summed E-state index contributed by atoms with van der Waals surface area (Å²) in [7, 11) is 1.88. The van der Waals surface area contributed by atoms with E-state index in [2.05, 4.69) is 44.4 Å². The van der Waals surface area contributed by atoms with Crippen LogP contribution >= 0.6 is 8.58 Å². The Morgan fingerprint density at radius 3 is 3.08 bits per heavy atom. The van der Waals surface area contributed by atoms with E-state index in [1.165, 1.54) is 5.56 Å². The fourth-order valence-corrected chi connectivity index (χ4v) is 4.40. The summed E-state index contributed by atoms with van der Waals surface area (Å²) in [6.07, 6.45) is 1.11. The maximum Gasteiger partial charge on any atom is 0.224 e. The molecule has 0 aromatic heterocycles. The van der Waals surface area contributed by atoms with Crippen molar-refractivity contribution in [1.29, 1.82) is 0 Å². The number of carbonyl (C=O) groups is 1. The van der Waals surface area contributed by atoms with E-state index >= 15 is 0 Å². The zero-order valence-corrected chi connectivity index (χ0v) is 15.8. The number of rotatable bonds is 7. The van der Waals surface area contributed by atoms with Crippen LogP contribution in [0.2, 0.25) is 0 Å². The lowest BCUT2D eigenvalue weighted by Crippen LogP contribution is -2.36. The third-order valence-corrected chi connectivity index (χ3v) is 5.83. The molecule has 3 rings (SSSR count). The van der Waals surface area contributed by atoms with Gasteiger partial charge >= 0.3 is 0 Å². The lowest BCUT2D eigenvalue weighted by Gasteiger charge is -2.28. The quantitative estimate of drug-likeness (QED) is 0.495. The zero-order chi connectivity index (χ0) is 18.5. The van der Waals surface area contributed by atoms with Gasteiger partial charge in [-0.3, -0.25) is 14.8 Å². The van der Waals surface area contributed by atoms with Crippen molar-refractivity contribution < 1.29 is 9.90 Å². The number of anilines is 1. The van der Waals surface area contributed by atoms with E-state index in [0.717, 1.165) is 29.9 Å². The van der Waals surface area contributed by atoms with Crippen LogP contribution in [0.15, 0.2) is 45.8 Å². The first kappa shape index (κ1) is 18.5. The highest BCUT2D eigenvalue weighted by Crippen LogP contribution is 2.41. The summed E-state index contributed by atoms with van der Waals surface area (Å²) in [5.74, 6) is 1.14. The molecule has 0 radical (unpaired) electrons. The van der Waals surface area contributed by atoms with Crippen molar-refractivity contribution in [3.05, 3.63) is 41.3 Å². The Hall–Kier alpha value is -2.24. The fraction of sp³-hybridized carbons (Fsp3) is 0.389. The maximum atomic E-state index is 11.6. The molecule has 8 heteroatoms. The van der Waals surface area contributed by atoms with Gasteiger partial charge in [-0.2, -0.15) is 0 Å². The van der Waals surface area contributed by atoms with Crippen molar-refractivity contribution in [2.24, 2.45) is 9.98 Å². The molecule has 3 N–H and O–H groups in total. The van der Waals surface area contributed by atoms with Crippen LogP contribution in [0.4, 0.5) is 5.69 Å². The van der Waals surface area contributed by atoms with Crippen molar-refractivity contribution in [3.8, 4) is 0 Å². The highest BCUT2D eigenvalue weighted by molar-refractivity contribution is 7.60. The summed E-state index contributed by atoms with van der Waals surface area (Å²) in [6, 6.07) is 8.24. The molecule has 0 bridgehead atoms. The largest absolute Gasteiger partial charge is 0.396 e. The van der Waals surface area contributed by atoms with Gasteiger partial charge in [-0.15, -0.1) is 0 Å². The standard InChI is InChI=1S/C18H24N5O2P/c1-19-15(25)10-26-18-16(20-2)17(21-11-22-18)23-9-12(7-8-24)13-5-3-4-6-14(13)23/h3-6,12,21,24,26H,2,7-11H2,1H3,(H,19,25). The first-order chi connectivity index (χ1) is 12.7. The van der Waals surface area contributed by atoms with Gasteiger partial charge in [0.2, 0.25) is 5.91 Å². The van der Waals surface area contributed by atoms with Crippen molar-refractivity contribution in [2.75, 3.05) is 37.9 Å². The van der Waals surface area contributed by atoms with Crippen LogP contribution in [0.5, 0.6) is 0 Å². The van der Waals surface area contributed by atoms with Gasteiger partial charge in [0.05, 0.1) is 5.45 Å². The van der Waals surface area contributed by atoms with Gasteiger partial charge < -0.3 is 20.6 Å². The summed E-state index contributed by atoms with van der Waals surface area (Å²) in [6.45, 7) is 5.11. The lowest BCUT2D eigenvalue weighted by molar-refractivity contribution is -0.118. The molecular formula is C18H24N5O2P. The van der Waals surface area contributed by atoms with Gasteiger partial charge in [0.1, 0.15) is 18.2 Å². The second kappa shape index (κ2) is 8.43. The Kier molecular flexibility index (Phi) is 6.01. The number of nitrogens with zero attached hydrogens (tertiary/aromatic N) is 3. The predicted molar refractivity (Wildman–Crippen MR) is 107 cm³/mol. The molecule has 0 saturated heterocycles. The summed E-state index contributed by atoms with van der Waals surface area (Å²) in [4.78, 5) is 22.5. The number of aliphatic imine (C=N–C) groups is 2. The molecule has 2 aliphatic rings. The minimum Gasteiger partial charge on any atom is -0.396 e. The monoisotopic (exact) mass is 373 g/mol. The van der Waals surface area contributed by atoms with Crippen LogP contribution in [0.25, 0.3) is 0 Å². The first-order valence-corrected chi connectivity index (χ1v) is 9.81. The van der Waals surface area contributed by atoms with E-state index in [4.69, 9.17) is 0 Å². The average Bonchev–Trinajstić information content (AvgIpc) is 3.04. The molecule has 2 atom stereocenters. The van der Waals surface area contributed by atoms with E-state index in [-0.39, 0.29) is 27.0 Å². The van der Waals surface area contributed by atoms with Crippen LogP contribution < -0.4 is 15.5 Å². The van der Waals surface area contributed by atoms with Crippen LogP contribution in [0.3, 0.4) is 0 Å². The van der Waals surface area contributed by atoms with E-state index in [1.807, 2.05) is 12.1 Å². The molecule has 26 heavy (non-hydrogen) atoms. The molecular weight excluding hydrogens is 349 g/mol. The number of fused-ring (bicyclic) bond motifs is 1. The summed E-state index contributed by atoms with van der Waals surface area (Å²) >= 11 is 0. The smallest absolute Gasteiger partial charge is 0.224 e. The van der Waals surface area contributed by atoms with E-state index in [9.17, 15) is 9.90 Å². The highest BCUT2D eigenvalue weighted by Gasteiger charge is 2.32. The number of para-hydroxylation sites is 1. The fourth-order valence-electron chi connectivity index (χ4n) is 3.34. The molecule has 2 aliphatic heterocycles. The predicted octanol–water partition coefficient (Wildman–Crippen LogP) is 1.23. The van der Waals surface area contributed by atoms with Crippen LogP contribution in [-0.2, 0) is 4.79 Å². The van der Waals surface area contributed by atoms with Gasteiger partial charge in [-0.05, 0) is 24.8 Å². The normalized spacial score (nSPS) is 19.4. The van der Waals surface area contributed by atoms with E-state index < -0.39 is 0 Å². The third kappa shape index (κ3) is 3.64. The van der Waals surface area contributed by atoms with Gasteiger partial charge in [-0.25, -0.2) is 0 Å². The average molecular weight is 373 g/mol. The SMILES string of the molecule is C=NC1=C(N2CC(CCO)c3ccccc32)NCN=C1PCC(=O)NC. The number of aliphatic hydroxyl groups is 1. The Labute approximate surface area is 155 Å². The Morgan fingerprint density at radius 1 is 1.54 bits per heavy atom. The van der Waals surface area contributed by atoms with Crippen molar-refractivity contribution in [2.45, 2.75) is 12.3 Å². The zero-order valence-electron chi connectivity index (χ0n) is 14.8. The second-order valence-electron chi connectivity index (χ2n) is 6.10. The minimum absolute atomic E-state index is 0.0101. The molecule has 2 heterocycles. The van der Waals surface area contributed by atoms with E-state index in [1.54, 1.807) is 7.05 Å². The maximum absolute atomic E-state index is 11.6. The molecule has 0 fully saturated rings. The number of hydrogen-bond acceptors (Lipinski definition) is 6. The van der Waals surface area contributed by atoms with Gasteiger partial charge in [-0.1, -0.05) is 26.8 Å². The van der Waals surface area contributed by atoms with Crippen LogP contribution in [0.1, 0.15) is 17.9 Å². The first-order valence-electron chi connectivity index (χ1n) is 8.61. The van der Waals surface area contributed by atoms with Crippen molar-refractivity contribution in [3.63, 3.8) is 0 Å². The molecule has 0 spiro atoms. The van der Waals surface area contributed by atoms with Gasteiger partial charge in [0, 0.05) is 38.0 Å². The molecule has 1 aromatic rings. The number of aliphatic hydroxyl groups excluding tert-OH is 1. The van der Waals surface area contributed by atoms with Gasteiger partial charge in [0.15, 0.2) is 0 Å². The molecule has 7 nitrogen and oxygen atoms in total. The summed E-state index contributed by atoms with van der Waals surface area (Å²) in [5, 5.41) is 15.4. The van der Waals surface area contributed by atoms with E-state index in [0.29, 0.717) is 18.5 Å². The lowest BCUT2D eigenvalue weighted by atomic mass is 9.99. The molecule has 0 saturated carbocycles. The van der Waals surface area contributed by atoms with Crippen LogP contribution in [0, 0.1) is 0 Å². The Morgan fingerprint density at radius 2 is 2.35 bits per heavy atom. The molecule has 1 aromatic carbocycles. The number of allylic oxidation sites excluding steroid dienone is 1. The third-order valence-electron chi connectivity index (χ3n) is 4.60. The Bertz CT molecular complexity index is 762. The highest BCUT2D eigenvalue weighted by atomic mass is 31.1. The summed E-state index contributed by atoms with van der Waals surface area (Å²) in [5.41, 5.74) is 3.87. The number of amides is 1. The Balaban J connectivity index is 1.91. The molecule has 1 amide bonds. The number of carbonyl (C=O) groups excluding carboxylic acids is 1. The molecule has 138 valence electrons. The number of benzene rings is 1. The van der Waals surface area contributed by atoms with Crippen LogP contribution in [-0.4, -0.2) is 56.2 Å². The van der Waals surface area contributed by atoms with Crippen molar-refractivity contribution in [1.82, 2.24) is 10.6 Å². The topological polar surface area (TPSA) is 89.3 Å². The van der Waals surface area contributed by atoms with Crippen molar-refractivity contribution >= 4 is 32.3 Å². The number of nitrogens with one attached hydrogen (secondary N) is 2. The minimum atomic E-state index is -0.0101. The summed E-state index contributed by atoms with van der Waals surface area (Å²) < 4.78 is 0. The second-order valence-corrected chi connectivity index (χ2v) is 7.28.